The van der Waals surface area contributed by atoms with E-state index < -0.39 is 5.56 Å². The Morgan fingerprint density at radius 1 is 1.44 bits per heavy atom. The second-order valence-corrected chi connectivity index (χ2v) is 1.46. The van der Waals surface area contributed by atoms with Gasteiger partial charge in [-0.15, -0.1) is 9.89 Å². The molecule has 0 unspecified atom stereocenters. The predicted octanol–water partition coefficient (Wildman–Crippen LogP) is -2.95. The highest BCUT2D eigenvalue weighted by Gasteiger charge is 2.02. The van der Waals surface area contributed by atoms with Crippen molar-refractivity contribution in [1.82, 2.24) is 14.8 Å². The zero-order valence-electron chi connectivity index (χ0n) is 4.48. The minimum Gasteiger partial charge on any atom is -0.377 e. The molecule has 0 radical (unpaired) electrons. The van der Waals surface area contributed by atoms with Crippen LogP contribution in [-0.2, 0) is 0 Å². The average Bonchev–Trinajstić information content (AvgIpc) is 1.98. The Bertz CT molecular complexity index is 269. The van der Waals surface area contributed by atoms with E-state index in [0.29, 0.717) is 9.70 Å². The van der Waals surface area contributed by atoms with E-state index in [1.54, 1.807) is 0 Å². The molecule has 0 amide bonds. The Hall–Kier alpha value is -1.66. The van der Waals surface area contributed by atoms with E-state index in [2.05, 4.69) is 5.10 Å². The number of anilines is 1. The number of nitrogens with two attached hydrogens (primary N) is 3. The Kier molecular flexibility index (Phi) is 0.855. The monoisotopic (exact) mass is 130 g/mol. The van der Waals surface area contributed by atoms with Gasteiger partial charge in [-0.05, 0) is 0 Å². The van der Waals surface area contributed by atoms with E-state index in [4.69, 9.17) is 17.4 Å². The minimum atomic E-state index is -0.600. The van der Waals surface area contributed by atoms with E-state index in [1.165, 1.54) is 0 Å². The normalized spacial score (nSPS) is 9.78. The molecule has 7 heteroatoms. The maximum Gasteiger partial charge on any atom is 0.331 e. The third-order valence-corrected chi connectivity index (χ3v) is 0.858. The standard InChI is InChI=1S/C2H6N6O/c3-1-2(9)7(4)8(5)6-1/h4-5H2,(H2,3,6). The zero-order chi connectivity index (χ0) is 7.02. The fourth-order valence-electron chi connectivity index (χ4n) is 0.412. The highest BCUT2D eigenvalue weighted by molar-refractivity contribution is 5.20. The minimum absolute atomic E-state index is 0.208. The van der Waals surface area contributed by atoms with Crippen molar-refractivity contribution in [3.8, 4) is 0 Å². The first-order valence-electron chi connectivity index (χ1n) is 2.11. The molecule has 0 aromatic carbocycles. The number of hydrogen-bond acceptors (Lipinski definition) is 5. The molecular weight excluding hydrogens is 124 g/mol. The van der Waals surface area contributed by atoms with Gasteiger partial charge in [0, 0.05) is 0 Å². The maximum absolute atomic E-state index is 10.5. The molecule has 9 heavy (non-hydrogen) atoms. The molecule has 0 aliphatic heterocycles. The molecule has 0 fully saturated rings. The lowest BCUT2D eigenvalue weighted by Crippen LogP contribution is -2.34. The molecule has 1 heterocycles. The molecule has 0 saturated carbocycles. The van der Waals surface area contributed by atoms with Gasteiger partial charge in [-0.2, -0.15) is 0 Å². The van der Waals surface area contributed by atoms with Gasteiger partial charge < -0.3 is 17.4 Å². The number of nitrogen functional groups attached to an aromatic ring is 3. The largest absolute Gasteiger partial charge is 0.377 e. The smallest absolute Gasteiger partial charge is 0.331 e. The van der Waals surface area contributed by atoms with Crippen molar-refractivity contribution in [3.05, 3.63) is 10.4 Å². The summed E-state index contributed by atoms with van der Waals surface area (Å²) in [6.07, 6.45) is 0. The summed E-state index contributed by atoms with van der Waals surface area (Å²) < 4.78 is 0. The van der Waals surface area contributed by atoms with Crippen LogP contribution in [0.4, 0.5) is 5.82 Å². The second-order valence-electron chi connectivity index (χ2n) is 1.46. The van der Waals surface area contributed by atoms with Gasteiger partial charge in [0.2, 0.25) is 5.82 Å². The van der Waals surface area contributed by atoms with Crippen LogP contribution in [0.2, 0.25) is 0 Å². The lowest BCUT2D eigenvalue weighted by Gasteiger charge is -1.91. The van der Waals surface area contributed by atoms with Crippen LogP contribution in [0.3, 0.4) is 0 Å². The first kappa shape index (κ1) is 5.48. The third kappa shape index (κ3) is 0.581. The van der Waals surface area contributed by atoms with Gasteiger partial charge in [0.1, 0.15) is 0 Å². The number of aromatic nitrogens is 3. The van der Waals surface area contributed by atoms with Crippen LogP contribution in [0, 0.1) is 0 Å². The van der Waals surface area contributed by atoms with Gasteiger partial charge >= 0.3 is 5.56 Å². The zero-order valence-corrected chi connectivity index (χ0v) is 4.48. The molecule has 1 rings (SSSR count). The average molecular weight is 130 g/mol. The van der Waals surface area contributed by atoms with Gasteiger partial charge in [-0.25, -0.2) is 0 Å². The first-order valence-corrected chi connectivity index (χ1v) is 2.11. The summed E-state index contributed by atoms with van der Waals surface area (Å²) in [4.78, 5) is 11.8. The number of hydrogen-bond donors (Lipinski definition) is 3. The van der Waals surface area contributed by atoms with Crippen LogP contribution < -0.4 is 23.0 Å². The molecular formula is C2H6N6O. The Morgan fingerprint density at radius 3 is 2.11 bits per heavy atom. The van der Waals surface area contributed by atoms with Gasteiger partial charge in [0.25, 0.3) is 0 Å². The van der Waals surface area contributed by atoms with Crippen LogP contribution in [0.25, 0.3) is 0 Å². The Labute approximate surface area is 49.6 Å². The molecule has 0 atom stereocenters. The highest BCUT2D eigenvalue weighted by atomic mass is 16.2. The fourth-order valence-corrected chi connectivity index (χ4v) is 0.412. The molecule has 0 spiro atoms. The summed E-state index contributed by atoms with van der Waals surface area (Å²) in [5, 5.41) is 3.31. The number of rotatable bonds is 0. The van der Waals surface area contributed by atoms with Crippen LogP contribution in [-0.4, -0.2) is 14.8 Å². The van der Waals surface area contributed by atoms with E-state index in [9.17, 15) is 4.79 Å². The molecule has 0 aliphatic rings. The van der Waals surface area contributed by atoms with Crippen molar-refractivity contribution in [2.24, 2.45) is 0 Å². The molecule has 0 aliphatic carbocycles. The molecule has 7 nitrogen and oxygen atoms in total. The summed E-state index contributed by atoms with van der Waals surface area (Å²) in [5.74, 6) is 9.80. The summed E-state index contributed by atoms with van der Waals surface area (Å²) >= 11 is 0. The van der Waals surface area contributed by atoms with E-state index in [-0.39, 0.29) is 5.82 Å². The topological polar surface area (TPSA) is 118 Å². The first-order chi connectivity index (χ1) is 4.13. The van der Waals surface area contributed by atoms with Crippen LogP contribution in [0.1, 0.15) is 0 Å². The van der Waals surface area contributed by atoms with Gasteiger partial charge in [0.15, 0.2) is 0 Å². The highest BCUT2D eigenvalue weighted by Crippen LogP contribution is 1.76. The summed E-state index contributed by atoms with van der Waals surface area (Å²) in [6, 6.07) is 0. The lowest BCUT2D eigenvalue weighted by atomic mass is 10.8. The van der Waals surface area contributed by atoms with Crippen molar-refractivity contribution in [2.45, 2.75) is 0 Å². The molecule has 0 bridgehead atoms. The summed E-state index contributed by atoms with van der Waals surface area (Å²) in [5.41, 5.74) is 4.42. The molecule has 1 aromatic heterocycles. The van der Waals surface area contributed by atoms with Gasteiger partial charge in [-0.3, -0.25) is 4.79 Å². The van der Waals surface area contributed by atoms with Crippen LogP contribution in [0.5, 0.6) is 0 Å². The Morgan fingerprint density at radius 2 is 2.00 bits per heavy atom. The van der Waals surface area contributed by atoms with Gasteiger partial charge in [0.05, 0.1) is 0 Å². The number of nitrogens with zero attached hydrogens (tertiary/aromatic N) is 3. The third-order valence-electron chi connectivity index (χ3n) is 0.858. The molecule has 1 aromatic rings. The van der Waals surface area contributed by atoms with Crippen molar-refractivity contribution in [2.75, 3.05) is 17.4 Å². The fraction of sp³-hybridized carbons (Fsp3) is 0. The van der Waals surface area contributed by atoms with Crippen LogP contribution >= 0.6 is 0 Å². The van der Waals surface area contributed by atoms with Crippen molar-refractivity contribution in [3.63, 3.8) is 0 Å². The van der Waals surface area contributed by atoms with E-state index in [0.717, 1.165) is 0 Å². The van der Waals surface area contributed by atoms with E-state index >= 15 is 0 Å². The Balaban J connectivity index is 3.48. The lowest BCUT2D eigenvalue weighted by molar-refractivity contribution is 0.585. The second kappa shape index (κ2) is 1.41. The SMILES string of the molecule is Nc1nn(N)n(N)c1=O. The summed E-state index contributed by atoms with van der Waals surface area (Å²) in [6.45, 7) is 0. The van der Waals surface area contributed by atoms with E-state index in [1.807, 2.05) is 0 Å². The molecule has 6 N–H and O–H groups in total. The van der Waals surface area contributed by atoms with Gasteiger partial charge in [-0.1, -0.05) is 4.91 Å². The quantitative estimate of drug-likeness (QED) is 0.324. The van der Waals surface area contributed by atoms with Crippen LogP contribution in [0.15, 0.2) is 4.79 Å². The molecule has 0 saturated heterocycles. The van der Waals surface area contributed by atoms with Crippen molar-refractivity contribution in [1.29, 1.82) is 0 Å². The van der Waals surface area contributed by atoms with Crippen molar-refractivity contribution >= 4 is 5.82 Å². The predicted molar refractivity (Wildman–Crippen MR) is 31.2 cm³/mol. The maximum atomic E-state index is 10.5. The summed E-state index contributed by atoms with van der Waals surface area (Å²) in [7, 11) is 0. The van der Waals surface area contributed by atoms with Crippen molar-refractivity contribution < 1.29 is 0 Å². The molecule has 50 valence electrons.